The summed E-state index contributed by atoms with van der Waals surface area (Å²) in [6.45, 7) is 0. The molecule has 10 nitrogen and oxygen atoms in total. The van der Waals surface area contributed by atoms with Crippen LogP contribution < -0.4 is 22.2 Å². The first kappa shape index (κ1) is 13.5. The molecule has 0 bridgehead atoms. The van der Waals surface area contributed by atoms with Crippen molar-refractivity contribution in [3.05, 3.63) is 23.2 Å². The Morgan fingerprint density at radius 3 is 2.90 bits per heavy atom. The number of nitrogens with zero attached hydrogens (tertiary/aromatic N) is 4. The van der Waals surface area contributed by atoms with E-state index in [4.69, 9.17) is 23.1 Å². The number of anilines is 3. The molecular weight excluding hydrogens is 286 g/mol. The molecule has 2 aromatic heterocycles. The van der Waals surface area contributed by atoms with Gasteiger partial charge in [0.15, 0.2) is 22.5 Å². The molecule has 0 aliphatic heterocycles. The van der Waals surface area contributed by atoms with Crippen LogP contribution in [0.5, 0.6) is 0 Å². The lowest BCUT2D eigenvalue weighted by Gasteiger charge is -2.04. The summed E-state index contributed by atoms with van der Waals surface area (Å²) in [5.41, 5.74) is 13.3. The summed E-state index contributed by atoms with van der Waals surface area (Å²) in [7, 11) is 0. The van der Waals surface area contributed by atoms with E-state index in [1.807, 2.05) is 0 Å². The van der Waals surface area contributed by atoms with Crippen molar-refractivity contribution in [1.82, 2.24) is 25.3 Å². The third-order valence-corrected chi connectivity index (χ3v) is 2.33. The highest BCUT2D eigenvalue weighted by Crippen LogP contribution is 2.16. The van der Waals surface area contributed by atoms with Gasteiger partial charge in [-0.1, -0.05) is 11.6 Å². The number of hydrogen-bond donors (Lipinski definition) is 5. The van der Waals surface area contributed by atoms with E-state index < -0.39 is 5.91 Å². The molecule has 0 aliphatic carbocycles. The average Bonchev–Trinajstić information content (AvgIpc) is 2.92. The maximum atomic E-state index is 11.8. The maximum absolute atomic E-state index is 11.8. The molecule has 7 N–H and O–H groups in total. The molecule has 11 heteroatoms. The largest absolute Gasteiger partial charge is 0.382 e. The second kappa shape index (κ2) is 5.84. The van der Waals surface area contributed by atoms with Crippen molar-refractivity contribution in [2.75, 3.05) is 16.9 Å². The molecular formula is C9H10ClN9O. The van der Waals surface area contributed by atoms with Crippen molar-refractivity contribution in [2.45, 2.75) is 0 Å². The molecule has 104 valence electrons. The van der Waals surface area contributed by atoms with Crippen LogP contribution in [0.25, 0.3) is 0 Å². The van der Waals surface area contributed by atoms with E-state index in [-0.39, 0.29) is 22.5 Å². The summed E-state index contributed by atoms with van der Waals surface area (Å²) in [6, 6.07) is 0. The van der Waals surface area contributed by atoms with Crippen molar-refractivity contribution in [3.8, 4) is 0 Å². The number of carbonyl (C=O) groups excluding carboxylic acids is 1. The van der Waals surface area contributed by atoms with Crippen LogP contribution in [-0.2, 0) is 0 Å². The van der Waals surface area contributed by atoms with Crippen molar-refractivity contribution in [3.63, 3.8) is 0 Å². The van der Waals surface area contributed by atoms with Gasteiger partial charge in [-0.05, 0) is 0 Å². The standard InChI is InChI=1S/C9H10ClN9O/c10-5-7(12)18-6(11)4(17-5)8(20)15-3-16-19-9-13-1-2-14-9/h1-3H,(H4,11,12,18)(H2,13,14,19)(H,15,16,20). The number of aromatic amines is 1. The van der Waals surface area contributed by atoms with Crippen molar-refractivity contribution in [2.24, 2.45) is 5.10 Å². The van der Waals surface area contributed by atoms with Crippen LogP contribution in [0.3, 0.4) is 0 Å². The monoisotopic (exact) mass is 295 g/mol. The third-order valence-electron chi connectivity index (χ3n) is 2.05. The fourth-order valence-corrected chi connectivity index (χ4v) is 1.31. The number of nitrogens with two attached hydrogens (primary N) is 2. The summed E-state index contributed by atoms with van der Waals surface area (Å²) in [6.07, 6.45) is 4.27. The number of carbonyl (C=O) groups is 1. The summed E-state index contributed by atoms with van der Waals surface area (Å²) < 4.78 is 0. The summed E-state index contributed by atoms with van der Waals surface area (Å²) in [5, 5.41) is 5.93. The summed E-state index contributed by atoms with van der Waals surface area (Å²) in [5.74, 6) is -0.377. The zero-order chi connectivity index (χ0) is 14.5. The molecule has 2 rings (SSSR count). The maximum Gasteiger partial charge on any atom is 0.278 e. The fraction of sp³-hybridized carbons (Fsp3) is 0. The summed E-state index contributed by atoms with van der Waals surface area (Å²) >= 11 is 5.67. The second-order valence-corrected chi connectivity index (χ2v) is 3.77. The van der Waals surface area contributed by atoms with E-state index >= 15 is 0 Å². The number of hydrazone groups is 1. The zero-order valence-corrected chi connectivity index (χ0v) is 10.7. The van der Waals surface area contributed by atoms with Crippen LogP contribution in [0.15, 0.2) is 17.5 Å². The van der Waals surface area contributed by atoms with Gasteiger partial charge in [0.2, 0.25) is 5.95 Å². The number of imidazole rings is 1. The number of aromatic nitrogens is 4. The molecule has 0 fully saturated rings. The number of H-pyrrole nitrogens is 1. The Hall–Kier alpha value is -2.88. The number of rotatable bonds is 4. The third kappa shape index (κ3) is 3.11. The van der Waals surface area contributed by atoms with E-state index in [2.05, 4.69) is 35.8 Å². The minimum absolute atomic E-state index is 0.0473. The molecule has 20 heavy (non-hydrogen) atoms. The number of nitrogens with one attached hydrogen (secondary N) is 3. The van der Waals surface area contributed by atoms with E-state index in [9.17, 15) is 4.79 Å². The van der Waals surface area contributed by atoms with Crippen LogP contribution in [0.2, 0.25) is 5.15 Å². The zero-order valence-electron chi connectivity index (χ0n) is 9.96. The first-order chi connectivity index (χ1) is 9.58. The molecule has 0 radical (unpaired) electrons. The van der Waals surface area contributed by atoms with Gasteiger partial charge in [-0.15, -0.1) is 0 Å². The van der Waals surface area contributed by atoms with E-state index in [1.54, 1.807) is 12.4 Å². The molecule has 0 saturated carbocycles. The normalized spacial score (nSPS) is 10.7. The SMILES string of the molecule is Nc1nc(N)c(C(=O)NC=NNc2ncc[nH]2)nc1Cl. The quantitative estimate of drug-likeness (QED) is 0.296. The van der Waals surface area contributed by atoms with Gasteiger partial charge >= 0.3 is 0 Å². The van der Waals surface area contributed by atoms with Gasteiger partial charge in [-0.2, -0.15) is 5.10 Å². The lowest BCUT2D eigenvalue weighted by atomic mass is 10.4. The van der Waals surface area contributed by atoms with Gasteiger partial charge in [0, 0.05) is 12.4 Å². The number of hydrogen-bond acceptors (Lipinski definition) is 8. The molecule has 0 saturated heterocycles. The first-order valence-corrected chi connectivity index (χ1v) is 5.62. The lowest BCUT2D eigenvalue weighted by molar-refractivity contribution is 0.0974. The van der Waals surface area contributed by atoms with Crippen LogP contribution >= 0.6 is 11.6 Å². The van der Waals surface area contributed by atoms with E-state index in [0.717, 1.165) is 6.34 Å². The van der Waals surface area contributed by atoms with Gasteiger partial charge in [0.05, 0.1) is 0 Å². The summed E-state index contributed by atoms with van der Waals surface area (Å²) in [4.78, 5) is 25.8. The number of halogens is 1. The topological polar surface area (TPSA) is 160 Å². The number of nitrogen functional groups attached to an aromatic ring is 2. The molecule has 0 aromatic carbocycles. The van der Waals surface area contributed by atoms with Gasteiger partial charge in [-0.25, -0.2) is 20.4 Å². The molecule has 1 amide bonds. The van der Waals surface area contributed by atoms with Crippen molar-refractivity contribution in [1.29, 1.82) is 0 Å². The predicted molar refractivity (Wildman–Crippen MR) is 74.0 cm³/mol. The molecule has 0 aliphatic rings. The van der Waals surface area contributed by atoms with Gasteiger partial charge in [0.1, 0.15) is 6.34 Å². The minimum atomic E-state index is -0.623. The Bertz CT molecular complexity index is 639. The van der Waals surface area contributed by atoms with Gasteiger partial charge < -0.3 is 21.8 Å². The predicted octanol–water partition coefficient (Wildman–Crippen LogP) is -0.197. The van der Waals surface area contributed by atoms with Crippen molar-refractivity contribution < 1.29 is 4.79 Å². The van der Waals surface area contributed by atoms with Crippen molar-refractivity contribution >= 4 is 41.4 Å². The second-order valence-electron chi connectivity index (χ2n) is 3.41. The molecule has 0 spiro atoms. The molecule has 0 unspecified atom stereocenters. The average molecular weight is 296 g/mol. The van der Waals surface area contributed by atoms with Gasteiger partial charge in [0.25, 0.3) is 5.91 Å². The van der Waals surface area contributed by atoms with Gasteiger partial charge in [-0.3, -0.25) is 4.79 Å². The fourth-order valence-electron chi connectivity index (χ4n) is 1.19. The Labute approximate surface area is 117 Å². The molecule has 2 heterocycles. The Balaban J connectivity index is 1.98. The molecule has 0 atom stereocenters. The number of amides is 1. The smallest absolute Gasteiger partial charge is 0.278 e. The first-order valence-electron chi connectivity index (χ1n) is 5.24. The van der Waals surface area contributed by atoms with E-state index in [1.165, 1.54) is 0 Å². The van der Waals surface area contributed by atoms with Crippen LogP contribution in [0.1, 0.15) is 10.5 Å². The Morgan fingerprint density at radius 2 is 2.20 bits per heavy atom. The Morgan fingerprint density at radius 1 is 1.40 bits per heavy atom. The lowest BCUT2D eigenvalue weighted by Crippen LogP contribution is -2.25. The highest BCUT2D eigenvalue weighted by Gasteiger charge is 2.14. The van der Waals surface area contributed by atoms with Crippen LogP contribution in [0.4, 0.5) is 17.6 Å². The van der Waals surface area contributed by atoms with Crippen LogP contribution in [-0.4, -0.2) is 32.2 Å². The van der Waals surface area contributed by atoms with E-state index in [0.29, 0.717) is 5.95 Å². The van der Waals surface area contributed by atoms with Crippen LogP contribution in [0, 0.1) is 0 Å². The highest BCUT2D eigenvalue weighted by atomic mass is 35.5. The minimum Gasteiger partial charge on any atom is -0.382 e. The Kier molecular flexibility index (Phi) is 3.96. The molecule has 2 aromatic rings. The highest BCUT2D eigenvalue weighted by molar-refractivity contribution is 6.31.